The Morgan fingerprint density at radius 1 is 0.917 bits per heavy atom. The van der Waals surface area contributed by atoms with Gasteiger partial charge in [-0.05, 0) is 55.7 Å². The van der Waals surface area contributed by atoms with Crippen LogP contribution in [-0.4, -0.2) is 15.0 Å². The number of hydrogen-bond donors (Lipinski definition) is 2. The number of nitrogens with zero attached hydrogens (tertiary/aromatic N) is 3. The second kappa shape index (κ2) is 6.54. The zero-order valence-corrected chi connectivity index (χ0v) is 13.9. The highest BCUT2D eigenvalue weighted by Crippen LogP contribution is 2.31. The molecule has 0 atom stereocenters. The lowest BCUT2D eigenvalue weighted by Gasteiger charge is -2.12. The normalized spacial score (nSPS) is 10.5. The van der Waals surface area contributed by atoms with Crippen molar-refractivity contribution < 1.29 is 4.74 Å². The van der Waals surface area contributed by atoms with E-state index in [9.17, 15) is 0 Å². The maximum atomic E-state index is 6.14. The van der Waals surface area contributed by atoms with Gasteiger partial charge in [-0.2, -0.15) is 4.98 Å². The molecule has 0 aliphatic carbocycles. The molecule has 0 radical (unpaired) electrons. The molecule has 0 spiro atoms. The van der Waals surface area contributed by atoms with Crippen molar-refractivity contribution in [3.05, 3.63) is 59.5 Å². The Hall–Kier alpha value is -3.15. The third-order valence-electron chi connectivity index (χ3n) is 3.41. The standard InChI is InChI=1S/C18H19N5O/c1-11-4-5-15(20-9-11)23-17-16(19)18(22-10-21-17)24-14-7-12(2)6-13(3)8-14/h4-10H,19H2,1-3H3,(H,20,21,22,23). The Morgan fingerprint density at radius 2 is 1.67 bits per heavy atom. The first-order chi connectivity index (χ1) is 11.5. The van der Waals surface area contributed by atoms with E-state index >= 15 is 0 Å². The number of nitrogens with two attached hydrogens (primary N) is 1. The van der Waals surface area contributed by atoms with Crippen LogP contribution >= 0.6 is 0 Å². The predicted molar refractivity (Wildman–Crippen MR) is 94.7 cm³/mol. The van der Waals surface area contributed by atoms with E-state index in [2.05, 4.69) is 26.3 Å². The summed E-state index contributed by atoms with van der Waals surface area (Å²) in [5.41, 5.74) is 9.78. The summed E-state index contributed by atoms with van der Waals surface area (Å²) in [6.45, 7) is 6.00. The highest BCUT2D eigenvalue weighted by molar-refractivity contribution is 5.71. The summed E-state index contributed by atoms with van der Waals surface area (Å²) in [6.07, 6.45) is 3.18. The van der Waals surface area contributed by atoms with Gasteiger partial charge < -0.3 is 15.8 Å². The fourth-order valence-electron chi connectivity index (χ4n) is 2.33. The number of ether oxygens (including phenoxy) is 1. The number of benzene rings is 1. The van der Waals surface area contributed by atoms with Gasteiger partial charge in [0, 0.05) is 6.20 Å². The van der Waals surface area contributed by atoms with Gasteiger partial charge in [0.2, 0.25) is 5.88 Å². The van der Waals surface area contributed by atoms with Crippen LogP contribution in [0.2, 0.25) is 0 Å². The molecule has 0 saturated heterocycles. The first-order valence-corrected chi connectivity index (χ1v) is 7.57. The average molecular weight is 321 g/mol. The van der Waals surface area contributed by atoms with E-state index in [1.807, 2.05) is 45.0 Å². The first-order valence-electron chi connectivity index (χ1n) is 7.57. The van der Waals surface area contributed by atoms with E-state index in [1.54, 1.807) is 6.20 Å². The Balaban J connectivity index is 1.86. The van der Waals surface area contributed by atoms with E-state index in [-0.39, 0.29) is 0 Å². The summed E-state index contributed by atoms with van der Waals surface area (Å²) < 4.78 is 5.83. The Morgan fingerprint density at radius 3 is 2.33 bits per heavy atom. The number of hydrogen-bond acceptors (Lipinski definition) is 6. The molecule has 0 amide bonds. The minimum atomic E-state index is 0.310. The van der Waals surface area contributed by atoms with Gasteiger partial charge >= 0.3 is 0 Å². The van der Waals surface area contributed by atoms with Crippen LogP contribution in [0.15, 0.2) is 42.9 Å². The Labute approximate surface area is 140 Å². The van der Waals surface area contributed by atoms with Crippen molar-refractivity contribution in [1.82, 2.24) is 15.0 Å². The van der Waals surface area contributed by atoms with Crippen molar-refractivity contribution in [3.63, 3.8) is 0 Å². The topological polar surface area (TPSA) is 86.0 Å². The van der Waals surface area contributed by atoms with E-state index in [0.29, 0.717) is 29.0 Å². The van der Waals surface area contributed by atoms with Crippen LogP contribution in [-0.2, 0) is 0 Å². The molecule has 3 rings (SSSR count). The smallest absolute Gasteiger partial charge is 0.248 e. The summed E-state index contributed by atoms with van der Waals surface area (Å²) >= 11 is 0. The van der Waals surface area contributed by atoms with Crippen molar-refractivity contribution in [2.75, 3.05) is 11.1 Å². The van der Waals surface area contributed by atoms with Crippen LogP contribution in [0, 0.1) is 20.8 Å². The van der Waals surface area contributed by atoms with Crippen LogP contribution in [0.25, 0.3) is 0 Å². The summed E-state index contributed by atoms with van der Waals surface area (Å²) in [6, 6.07) is 9.76. The molecule has 0 bridgehead atoms. The number of nitrogen functional groups attached to an aromatic ring is 1. The van der Waals surface area contributed by atoms with Crippen LogP contribution < -0.4 is 15.8 Å². The predicted octanol–water partition coefficient (Wildman–Crippen LogP) is 3.91. The molecule has 2 heterocycles. The SMILES string of the molecule is Cc1ccc(Nc2ncnc(Oc3cc(C)cc(C)c3)c2N)nc1. The highest BCUT2D eigenvalue weighted by Gasteiger charge is 2.11. The lowest BCUT2D eigenvalue weighted by Crippen LogP contribution is -2.04. The molecular weight excluding hydrogens is 302 g/mol. The molecule has 3 N–H and O–H groups in total. The van der Waals surface area contributed by atoms with Gasteiger partial charge in [0.05, 0.1) is 0 Å². The van der Waals surface area contributed by atoms with Crippen molar-refractivity contribution in [1.29, 1.82) is 0 Å². The average Bonchev–Trinajstić information content (AvgIpc) is 2.52. The third-order valence-corrected chi connectivity index (χ3v) is 3.41. The lowest BCUT2D eigenvalue weighted by atomic mass is 10.1. The Kier molecular flexibility index (Phi) is 4.29. The van der Waals surface area contributed by atoms with Crippen LogP contribution in [0.5, 0.6) is 11.6 Å². The van der Waals surface area contributed by atoms with Gasteiger partial charge in [-0.1, -0.05) is 12.1 Å². The van der Waals surface area contributed by atoms with Crippen molar-refractivity contribution in [2.45, 2.75) is 20.8 Å². The lowest BCUT2D eigenvalue weighted by molar-refractivity contribution is 0.464. The molecule has 2 aromatic heterocycles. The Bertz CT molecular complexity index is 842. The molecule has 24 heavy (non-hydrogen) atoms. The maximum absolute atomic E-state index is 6.14. The number of aromatic nitrogens is 3. The van der Waals surface area contributed by atoms with Crippen molar-refractivity contribution >= 4 is 17.3 Å². The molecule has 3 aromatic rings. The van der Waals surface area contributed by atoms with Crippen molar-refractivity contribution in [3.8, 4) is 11.6 Å². The zero-order valence-electron chi connectivity index (χ0n) is 13.9. The van der Waals surface area contributed by atoms with E-state index in [4.69, 9.17) is 10.5 Å². The van der Waals surface area contributed by atoms with E-state index < -0.39 is 0 Å². The number of aryl methyl sites for hydroxylation is 3. The van der Waals surface area contributed by atoms with Gasteiger partial charge in [0.15, 0.2) is 5.82 Å². The van der Waals surface area contributed by atoms with Crippen LogP contribution in [0.4, 0.5) is 17.3 Å². The minimum Gasteiger partial charge on any atom is -0.437 e. The fraction of sp³-hybridized carbons (Fsp3) is 0.167. The zero-order chi connectivity index (χ0) is 17.1. The second-order valence-electron chi connectivity index (χ2n) is 5.71. The summed E-state index contributed by atoms with van der Waals surface area (Å²) in [5.74, 6) is 2.12. The first kappa shape index (κ1) is 15.7. The second-order valence-corrected chi connectivity index (χ2v) is 5.71. The number of rotatable bonds is 4. The number of anilines is 3. The maximum Gasteiger partial charge on any atom is 0.248 e. The van der Waals surface area contributed by atoms with Crippen molar-refractivity contribution in [2.24, 2.45) is 0 Å². The van der Waals surface area contributed by atoms with Gasteiger partial charge in [0.1, 0.15) is 23.6 Å². The molecule has 0 aliphatic rings. The molecule has 6 nitrogen and oxygen atoms in total. The minimum absolute atomic E-state index is 0.310. The monoisotopic (exact) mass is 321 g/mol. The molecule has 122 valence electrons. The summed E-state index contributed by atoms with van der Waals surface area (Å²) in [5, 5.41) is 3.08. The quantitative estimate of drug-likeness (QED) is 0.757. The third kappa shape index (κ3) is 3.60. The van der Waals surface area contributed by atoms with Crippen LogP contribution in [0.1, 0.15) is 16.7 Å². The van der Waals surface area contributed by atoms with Gasteiger partial charge in [-0.3, -0.25) is 0 Å². The fourth-order valence-corrected chi connectivity index (χ4v) is 2.33. The van der Waals surface area contributed by atoms with E-state index in [1.165, 1.54) is 6.33 Å². The highest BCUT2D eigenvalue weighted by atomic mass is 16.5. The molecule has 0 unspecified atom stereocenters. The molecule has 0 saturated carbocycles. The van der Waals surface area contributed by atoms with E-state index in [0.717, 1.165) is 16.7 Å². The molecule has 6 heteroatoms. The van der Waals surface area contributed by atoms with Gasteiger partial charge in [0.25, 0.3) is 0 Å². The van der Waals surface area contributed by atoms with Crippen LogP contribution in [0.3, 0.4) is 0 Å². The number of pyridine rings is 1. The molecular formula is C18H19N5O. The van der Waals surface area contributed by atoms with Gasteiger partial charge in [-0.25, -0.2) is 9.97 Å². The molecule has 0 aliphatic heterocycles. The number of nitrogens with one attached hydrogen (secondary N) is 1. The summed E-state index contributed by atoms with van der Waals surface area (Å²) in [4.78, 5) is 12.6. The largest absolute Gasteiger partial charge is 0.437 e. The summed E-state index contributed by atoms with van der Waals surface area (Å²) in [7, 11) is 0. The molecule has 0 fully saturated rings. The van der Waals surface area contributed by atoms with Gasteiger partial charge in [-0.15, -0.1) is 0 Å². The molecule has 1 aromatic carbocycles.